The molecule has 1 unspecified atom stereocenters. The van der Waals surface area contributed by atoms with Gasteiger partial charge in [-0.05, 0) is 35.2 Å². The summed E-state index contributed by atoms with van der Waals surface area (Å²) in [6.07, 6.45) is 5.84. The Labute approximate surface area is 150 Å². The van der Waals surface area contributed by atoms with Crippen LogP contribution in [0.5, 0.6) is 0 Å². The quantitative estimate of drug-likeness (QED) is 0.667. The largest absolute Gasteiger partial charge is 0.490 e. The van der Waals surface area contributed by atoms with Crippen molar-refractivity contribution in [3.8, 4) is 11.3 Å². The molecule has 4 heteroatoms. The van der Waals surface area contributed by atoms with Gasteiger partial charge >= 0.3 is 0 Å². The topological polar surface area (TPSA) is 39.2 Å². The monoisotopic (exact) mass is 349 g/mol. The number of hydrogen-bond donors (Lipinski definition) is 0. The van der Waals surface area contributed by atoms with Gasteiger partial charge in [0.05, 0.1) is 12.0 Å². The van der Waals surface area contributed by atoms with E-state index in [1.54, 1.807) is 12.5 Å². The van der Waals surface area contributed by atoms with Crippen LogP contribution in [0.15, 0.2) is 67.1 Å². The molecule has 0 radical (unpaired) electrons. The zero-order valence-electron chi connectivity index (χ0n) is 13.5. The van der Waals surface area contributed by atoms with E-state index in [0.717, 1.165) is 27.6 Å². The average Bonchev–Trinajstić information content (AvgIpc) is 3.18. The third kappa shape index (κ3) is 3.15. The minimum Gasteiger partial charge on any atom is -0.490 e. The van der Waals surface area contributed by atoms with E-state index in [4.69, 9.17) is 16.3 Å². The first-order valence-corrected chi connectivity index (χ1v) is 8.56. The van der Waals surface area contributed by atoms with Crippen LogP contribution in [-0.4, -0.2) is 16.9 Å². The van der Waals surface area contributed by atoms with Gasteiger partial charge in [-0.15, -0.1) is 0 Å². The molecule has 2 aromatic carbocycles. The van der Waals surface area contributed by atoms with E-state index in [2.05, 4.69) is 4.98 Å². The van der Waals surface area contributed by atoms with Crippen LogP contribution in [-0.2, 0) is 16.0 Å². The van der Waals surface area contributed by atoms with Gasteiger partial charge in [-0.2, -0.15) is 0 Å². The van der Waals surface area contributed by atoms with Gasteiger partial charge in [-0.3, -0.25) is 9.78 Å². The number of pyridine rings is 1. The minimum absolute atomic E-state index is 0.0733. The van der Waals surface area contributed by atoms with Gasteiger partial charge in [0, 0.05) is 35.0 Å². The van der Waals surface area contributed by atoms with Gasteiger partial charge in [0.15, 0.2) is 11.9 Å². The van der Waals surface area contributed by atoms with Gasteiger partial charge in [0.25, 0.3) is 0 Å². The van der Waals surface area contributed by atoms with Gasteiger partial charge in [0.1, 0.15) is 0 Å². The smallest absolute Gasteiger partial charge is 0.177 e. The fourth-order valence-corrected chi connectivity index (χ4v) is 3.31. The standard InChI is InChI=1S/C21H16ClNO2/c22-18-8-7-14(13-19(24)20-6-3-11-25-20)12-17(18)21-16-5-2-1-4-15(16)9-10-23-21/h1-5,7-12,20H,6,13H2. The number of nitrogens with zero attached hydrogens (tertiary/aromatic N) is 1. The van der Waals surface area contributed by atoms with Crippen LogP contribution in [0.3, 0.4) is 0 Å². The molecule has 1 aromatic heterocycles. The molecule has 3 nitrogen and oxygen atoms in total. The van der Waals surface area contributed by atoms with E-state index >= 15 is 0 Å². The molecule has 25 heavy (non-hydrogen) atoms. The van der Waals surface area contributed by atoms with E-state index in [0.29, 0.717) is 17.9 Å². The van der Waals surface area contributed by atoms with Crippen LogP contribution >= 0.6 is 11.6 Å². The van der Waals surface area contributed by atoms with E-state index < -0.39 is 0 Å². The van der Waals surface area contributed by atoms with Crippen LogP contribution in [0.2, 0.25) is 5.02 Å². The van der Waals surface area contributed by atoms with Crippen LogP contribution in [0.1, 0.15) is 12.0 Å². The van der Waals surface area contributed by atoms with Crippen molar-refractivity contribution in [2.45, 2.75) is 18.9 Å². The molecule has 0 amide bonds. The number of hydrogen-bond acceptors (Lipinski definition) is 3. The fourth-order valence-electron chi connectivity index (χ4n) is 3.11. The van der Waals surface area contributed by atoms with Crippen molar-refractivity contribution < 1.29 is 9.53 Å². The zero-order chi connectivity index (χ0) is 17.2. The van der Waals surface area contributed by atoms with Crippen LogP contribution in [0.4, 0.5) is 0 Å². The van der Waals surface area contributed by atoms with Crippen molar-refractivity contribution >= 4 is 28.2 Å². The van der Waals surface area contributed by atoms with Gasteiger partial charge < -0.3 is 4.74 Å². The van der Waals surface area contributed by atoms with Gasteiger partial charge in [-0.1, -0.05) is 41.9 Å². The molecule has 1 aliphatic rings. The first-order chi connectivity index (χ1) is 12.2. The molecule has 1 atom stereocenters. The lowest BCUT2D eigenvalue weighted by atomic mass is 9.98. The molecule has 0 N–H and O–H groups in total. The highest BCUT2D eigenvalue weighted by Crippen LogP contribution is 2.32. The number of carbonyl (C=O) groups is 1. The third-order valence-corrected chi connectivity index (χ3v) is 4.72. The molecule has 0 saturated carbocycles. The highest BCUT2D eigenvalue weighted by Gasteiger charge is 2.21. The lowest BCUT2D eigenvalue weighted by Crippen LogP contribution is -2.21. The van der Waals surface area contributed by atoms with E-state index in [1.807, 2.05) is 54.6 Å². The number of fused-ring (bicyclic) bond motifs is 1. The molecular weight excluding hydrogens is 334 g/mol. The average molecular weight is 350 g/mol. The molecule has 3 aromatic rings. The van der Waals surface area contributed by atoms with Crippen LogP contribution in [0, 0.1) is 0 Å². The Morgan fingerprint density at radius 3 is 2.92 bits per heavy atom. The number of rotatable bonds is 4. The second-order valence-corrected chi connectivity index (χ2v) is 6.48. The third-order valence-electron chi connectivity index (χ3n) is 4.39. The van der Waals surface area contributed by atoms with Crippen molar-refractivity contribution in [1.82, 2.24) is 4.98 Å². The number of carbonyl (C=O) groups excluding carboxylic acids is 1. The molecule has 4 rings (SSSR count). The molecule has 0 bridgehead atoms. The summed E-state index contributed by atoms with van der Waals surface area (Å²) in [5, 5.41) is 2.77. The highest BCUT2D eigenvalue weighted by atomic mass is 35.5. The van der Waals surface area contributed by atoms with E-state index in [9.17, 15) is 4.79 Å². The number of aromatic nitrogens is 1. The van der Waals surface area contributed by atoms with Crippen molar-refractivity contribution in [3.05, 3.63) is 77.7 Å². The maximum atomic E-state index is 12.3. The number of ketones is 1. The maximum Gasteiger partial charge on any atom is 0.177 e. The summed E-state index contributed by atoms with van der Waals surface area (Å²) >= 11 is 6.44. The summed E-state index contributed by atoms with van der Waals surface area (Å²) in [4.78, 5) is 16.9. The number of halogens is 1. The second kappa shape index (κ2) is 6.69. The molecule has 0 fully saturated rings. The maximum absolute atomic E-state index is 12.3. The SMILES string of the molecule is O=C(Cc1ccc(Cl)c(-c2nccc3ccccc23)c1)C1CC=CO1. The van der Waals surface area contributed by atoms with Crippen LogP contribution in [0.25, 0.3) is 22.0 Å². The minimum atomic E-state index is -0.366. The van der Waals surface area contributed by atoms with Gasteiger partial charge in [-0.25, -0.2) is 0 Å². The Morgan fingerprint density at radius 2 is 2.08 bits per heavy atom. The highest BCUT2D eigenvalue weighted by molar-refractivity contribution is 6.33. The molecule has 124 valence electrons. The van der Waals surface area contributed by atoms with Crippen molar-refractivity contribution in [2.75, 3.05) is 0 Å². The fraction of sp³-hybridized carbons (Fsp3) is 0.143. The lowest BCUT2D eigenvalue weighted by Gasteiger charge is -2.12. The molecule has 0 spiro atoms. The van der Waals surface area contributed by atoms with Gasteiger partial charge in [0.2, 0.25) is 0 Å². The summed E-state index contributed by atoms with van der Waals surface area (Å²) in [6, 6.07) is 15.7. The molecular formula is C21H16ClNO2. The van der Waals surface area contributed by atoms with Crippen LogP contribution < -0.4 is 0 Å². The first-order valence-electron chi connectivity index (χ1n) is 8.18. The first kappa shape index (κ1) is 15.9. The number of benzene rings is 2. The normalized spacial score (nSPS) is 16.1. The number of Topliss-reactive ketones (excluding diaryl/α,β-unsaturated/α-hetero) is 1. The van der Waals surface area contributed by atoms with Crippen molar-refractivity contribution in [2.24, 2.45) is 0 Å². The lowest BCUT2D eigenvalue weighted by molar-refractivity contribution is -0.125. The summed E-state index contributed by atoms with van der Waals surface area (Å²) in [5.41, 5.74) is 2.58. The molecule has 0 saturated heterocycles. The Hall–Kier alpha value is -2.65. The van der Waals surface area contributed by atoms with E-state index in [-0.39, 0.29) is 11.9 Å². The Bertz CT molecular complexity index is 967. The summed E-state index contributed by atoms with van der Waals surface area (Å²) < 4.78 is 5.31. The summed E-state index contributed by atoms with van der Waals surface area (Å²) in [5.74, 6) is 0.0733. The van der Waals surface area contributed by atoms with Crippen molar-refractivity contribution in [3.63, 3.8) is 0 Å². The predicted octanol–water partition coefficient (Wildman–Crippen LogP) is 4.97. The zero-order valence-corrected chi connectivity index (χ0v) is 14.2. The molecule has 1 aliphatic heterocycles. The predicted molar refractivity (Wildman–Crippen MR) is 99.5 cm³/mol. The summed E-state index contributed by atoms with van der Waals surface area (Å²) in [6.45, 7) is 0. The Morgan fingerprint density at radius 1 is 1.20 bits per heavy atom. The Kier molecular flexibility index (Phi) is 4.24. The summed E-state index contributed by atoms with van der Waals surface area (Å²) in [7, 11) is 0. The molecule has 2 heterocycles. The molecule has 0 aliphatic carbocycles. The Balaban J connectivity index is 1.71. The number of ether oxygens (including phenoxy) is 1. The van der Waals surface area contributed by atoms with E-state index in [1.165, 1.54) is 0 Å². The van der Waals surface area contributed by atoms with Crippen molar-refractivity contribution in [1.29, 1.82) is 0 Å². The second-order valence-electron chi connectivity index (χ2n) is 6.07.